The summed E-state index contributed by atoms with van der Waals surface area (Å²) in [7, 11) is 0. The van der Waals surface area contributed by atoms with Crippen LogP contribution in [0.3, 0.4) is 0 Å². The first-order chi connectivity index (χ1) is 18.4. The Kier molecular flexibility index (Phi) is 7.23. The first-order valence-electron chi connectivity index (χ1n) is 13.2. The molecule has 0 bridgehead atoms. The van der Waals surface area contributed by atoms with Gasteiger partial charge in [0.15, 0.2) is 16.9 Å². The Morgan fingerprint density at radius 1 is 0.921 bits per heavy atom. The molecule has 1 unspecified atom stereocenters. The van der Waals surface area contributed by atoms with Crippen LogP contribution in [0.4, 0.5) is 0 Å². The number of ether oxygens (including phenoxy) is 2. The zero-order valence-corrected chi connectivity index (χ0v) is 22.4. The van der Waals surface area contributed by atoms with Crippen molar-refractivity contribution >= 4 is 16.9 Å². The number of carbonyl (C=O) groups excluding carboxylic acids is 1. The third kappa shape index (κ3) is 4.67. The lowest BCUT2D eigenvalue weighted by Gasteiger charge is -2.26. The number of hydrogen-bond donors (Lipinski definition) is 0. The van der Waals surface area contributed by atoms with E-state index in [1.165, 1.54) is 0 Å². The molecule has 4 aromatic rings. The molecule has 2 heterocycles. The van der Waals surface area contributed by atoms with E-state index in [2.05, 4.69) is 6.92 Å². The maximum absolute atomic E-state index is 13.9. The fraction of sp³-hybridized carbons (Fsp3) is 0.312. The van der Waals surface area contributed by atoms with Crippen molar-refractivity contribution in [3.8, 4) is 11.5 Å². The summed E-state index contributed by atoms with van der Waals surface area (Å²) in [5.41, 5.74) is 4.36. The van der Waals surface area contributed by atoms with Gasteiger partial charge < -0.3 is 18.8 Å². The summed E-state index contributed by atoms with van der Waals surface area (Å²) in [5, 5.41) is 0.525. The Balaban J connectivity index is 1.61. The molecule has 38 heavy (non-hydrogen) atoms. The number of hydrogen-bond acceptors (Lipinski definition) is 5. The highest BCUT2D eigenvalue weighted by Gasteiger charge is 2.42. The lowest BCUT2D eigenvalue weighted by molar-refractivity contribution is 0.0725. The molecule has 196 valence electrons. The molecule has 1 amide bonds. The van der Waals surface area contributed by atoms with Gasteiger partial charge in [0, 0.05) is 6.54 Å². The highest BCUT2D eigenvalue weighted by Crippen LogP contribution is 2.41. The lowest BCUT2D eigenvalue weighted by Crippen LogP contribution is -2.30. The van der Waals surface area contributed by atoms with Gasteiger partial charge in [0.25, 0.3) is 5.91 Å². The van der Waals surface area contributed by atoms with Gasteiger partial charge in [0.2, 0.25) is 5.76 Å². The van der Waals surface area contributed by atoms with Crippen molar-refractivity contribution in [1.29, 1.82) is 0 Å². The van der Waals surface area contributed by atoms with Crippen molar-refractivity contribution in [3.63, 3.8) is 0 Å². The van der Waals surface area contributed by atoms with Crippen molar-refractivity contribution in [3.05, 3.63) is 104 Å². The van der Waals surface area contributed by atoms with E-state index in [1.54, 1.807) is 4.90 Å². The SMILES string of the molecule is CCCCN1C(=O)c2oc3cc(C)cc(C)c3c(=O)c2C1c1ccc(OCc2ccccc2)c(OCC)c1. The number of unbranched alkanes of at least 4 members (excludes halogenated alkanes) is 1. The van der Waals surface area contributed by atoms with E-state index in [1.807, 2.05) is 81.4 Å². The summed E-state index contributed by atoms with van der Waals surface area (Å²) in [5.74, 6) is 1.07. The molecule has 1 aliphatic rings. The quantitative estimate of drug-likeness (QED) is 0.249. The van der Waals surface area contributed by atoms with Crippen LogP contribution in [-0.4, -0.2) is 24.0 Å². The Morgan fingerprint density at radius 2 is 1.71 bits per heavy atom. The Hall–Kier alpha value is -4.06. The maximum atomic E-state index is 13.9. The van der Waals surface area contributed by atoms with Crippen LogP contribution in [0, 0.1) is 13.8 Å². The van der Waals surface area contributed by atoms with E-state index in [4.69, 9.17) is 13.9 Å². The summed E-state index contributed by atoms with van der Waals surface area (Å²) < 4.78 is 18.2. The van der Waals surface area contributed by atoms with Crippen LogP contribution in [0.25, 0.3) is 11.0 Å². The van der Waals surface area contributed by atoms with Crippen molar-refractivity contribution in [2.75, 3.05) is 13.2 Å². The minimum Gasteiger partial charge on any atom is -0.490 e. The van der Waals surface area contributed by atoms with Gasteiger partial charge in [-0.15, -0.1) is 0 Å². The third-order valence-electron chi connectivity index (χ3n) is 6.99. The minimum atomic E-state index is -0.562. The van der Waals surface area contributed by atoms with Crippen molar-refractivity contribution < 1.29 is 18.7 Å². The largest absolute Gasteiger partial charge is 0.490 e. The van der Waals surface area contributed by atoms with Crippen LogP contribution >= 0.6 is 0 Å². The molecule has 5 rings (SSSR count). The van der Waals surface area contributed by atoms with Gasteiger partial charge in [-0.05, 0) is 67.6 Å². The monoisotopic (exact) mass is 511 g/mol. The van der Waals surface area contributed by atoms with E-state index in [0.717, 1.165) is 35.1 Å². The Morgan fingerprint density at radius 3 is 2.45 bits per heavy atom. The number of rotatable bonds is 9. The third-order valence-corrected chi connectivity index (χ3v) is 6.99. The molecule has 1 aliphatic heterocycles. The van der Waals surface area contributed by atoms with Gasteiger partial charge >= 0.3 is 0 Å². The molecule has 0 radical (unpaired) electrons. The first kappa shape index (κ1) is 25.6. The second-order valence-corrected chi connectivity index (χ2v) is 9.80. The molecule has 0 saturated heterocycles. The second-order valence-electron chi connectivity index (χ2n) is 9.80. The smallest absolute Gasteiger partial charge is 0.290 e. The molecular formula is C32H33NO5. The number of fused-ring (bicyclic) bond motifs is 2. The number of benzene rings is 3. The molecule has 0 fully saturated rings. The summed E-state index contributed by atoms with van der Waals surface area (Å²) >= 11 is 0. The highest BCUT2D eigenvalue weighted by atomic mass is 16.5. The van der Waals surface area contributed by atoms with Crippen LogP contribution in [-0.2, 0) is 6.61 Å². The van der Waals surface area contributed by atoms with Gasteiger partial charge in [-0.25, -0.2) is 0 Å². The summed E-state index contributed by atoms with van der Waals surface area (Å²) in [6.45, 7) is 9.24. The highest BCUT2D eigenvalue weighted by molar-refractivity contribution is 5.99. The molecule has 3 aromatic carbocycles. The van der Waals surface area contributed by atoms with E-state index in [-0.39, 0.29) is 17.1 Å². The predicted molar refractivity (Wildman–Crippen MR) is 148 cm³/mol. The Labute approximate surface area is 222 Å². The van der Waals surface area contributed by atoms with Gasteiger partial charge in [-0.3, -0.25) is 9.59 Å². The van der Waals surface area contributed by atoms with E-state index < -0.39 is 6.04 Å². The van der Waals surface area contributed by atoms with E-state index >= 15 is 0 Å². The standard InChI is InChI=1S/C32H33NO5/c1-5-7-15-33-29(28-30(34)27-21(4)16-20(3)17-26(27)38-31(28)32(33)35)23-13-14-24(25(18-23)36-6-2)37-19-22-11-9-8-10-12-22/h8-14,16-18,29H,5-7,15,19H2,1-4H3. The predicted octanol–water partition coefficient (Wildman–Crippen LogP) is 6.73. The van der Waals surface area contributed by atoms with Crippen LogP contribution in [0.1, 0.15) is 71.1 Å². The molecule has 6 nitrogen and oxygen atoms in total. The summed E-state index contributed by atoms with van der Waals surface area (Å²) in [6, 6.07) is 18.8. The molecular weight excluding hydrogens is 478 g/mol. The lowest BCUT2D eigenvalue weighted by atomic mass is 9.96. The molecule has 0 saturated carbocycles. The average Bonchev–Trinajstić information content (AvgIpc) is 3.18. The molecule has 1 aromatic heterocycles. The number of amides is 1. The van der Waals surface area contributed by atoms with E-state index in [9.17, 15) is 9.59 Å². The van der Waals surface area contributed by atoms with E-state index in [0.29, 0.717) is 47.8 Å². The fourth-order valence-corrected chi connectivity index (χ4v) is 5.24. The first-order valence-corrected chi connectivity index (χ1v) is 13.2. The van der Waals surface area contributed by atoms with Gasteiger partial charge in [-0.1, -0.05) is 55.8 Å². The number of nitrogens with zero attached hydrogens (tertiary/aromatic N) is 1. The van der Waals surface area contributed by atoms with Crippen molar-refractivity contribution in [1.82, 2.24) is 4.90 Å². The number of aryl methyl sites for hydroxylation is 2. The fourth-order valence-electron chi connectivity index (χ4n) is 5.24. The van der Waals surface area contributed by atoms with Crippen molar-refractivity contribution in [2.45, 2.75) is 53.2 Å². The second kappa shape index (κ2) is 10.7. The number of carbonyl (C=O) groups is 1. The Bertz CT molecular complexity index is 1540. The molecule has 0 aliphatic carbocycles. The molecule has 0 N–H and O–H groups in total. The van der Waals surface area contributed by atoms with Crippen LogP contribution in [0.15, 0.2) is 69.9 Å². The summed E-state index contributed by atoms with van der Waals surface area (Å²) in [6.07, 6.45) is 1.74. The minimum absolute atomic E-state index is 0.135. The summed E-state index contributed by atoms with van der Waals surface area (Å²) in [4.78, 5) is 29.3. The van der Waals surface area contributed by atoms with Crippen molar-refractivity contribution in [2.24, 2.45) is 0 Å². The zero-order valence-electron chi connectivity index (χ0n) is 22.4. The molecule has 6 heteroatoms. The van der Waals surface area contributed by atoms with Gasteiger partial charge in [0.05, 0.1) is 23.6 Å². The van der Waals surface area contributed by atoms with Gasteiger partial charge in [-0.2, -0.15) is 0 Å². The van der Waals surface area contributed by atoms with Crippen LogP contribution in [0.2, 0.25) is 0 Å². The molecule has 1 atom stereocenters. The topological polar surface area (TPSA) is 69.0 Å². The normalized spacial score (nSPS) is 14.7. The van der Waals surface area contributed by atoms with Gasteiger partial charge in [0.1, 0.15) is 12.2 Å². The maximum Gasteiger partial charge on any atom is 0.290 e. The molecule has 0 spiro atoms. The van der Waals surface area contributed by atoms with Crippen LogP contribution < -0.4 is 14.9 Å². The average molecular weight is 512 g/mol. The zero-order chi connectivity index (χ0) is 26.8. The van der Waals surface area contributed by atoms with Crippen LogP contribution in [0.5, 0.6) is 11.5 Å².